The number of hydrogen-bond acceptors (Lipinski definition) is 10. The summed E-state index contributed by atoms with van der Waals surface area (Å²) < 4.78 is 17.2. The number of aromatic nitrogens is 4. The van der Waals surface area contributed by atoms with Crippen molar-refractivity contribution >= 4 is 23.2 Å². The fourth-order valence-electron chi connectivity index (χ4n) is 6.05. The minimum atomic E-state index is -0.750. The van der Waals surface area contributed by atoms with Crippen LogP contribution in [0.4, 0.5) is 11.4 Å². The molecule has 4 aromatic rings. The summed E-state index contributed by atoms with van der Waals surface area (Å²) in [6.45, 7) is 5.39. The van der Waals surface area contributed by atoms with E-state index in [1.807, 2.05) is 32.0 Å². The van der Waals surface area contributed by atoms with Gasteiger partial charge in [-0.1, -0.05) is 38.5 Å². The predicted octanol–water partition coefficient (Wildman–Crippen LogP) is 4.52. The number of aryl methyl sites for hydroxylation is 2. The van der Waals surface area contributed by atoms with Crippen LogP contribution in [0, 0.1) is 5.92 Å². The number of anilines is 2. The second-order valence-corrected chi connectivity index (χ2v) is 11.8. The van der Waals surface area contributed by atoms with Crippen LogP contribution in [-0.4, -0.2) is 59.4 Å². The monoisotopic (exact) mass is 655 g/mol. The average Bonchev–Trinajstić information content (AvgIpc) is 3.38. The molecule has 0 spiro atoms. The summed E-state index contributed by atoms with van der Waals surface area (Å²) >= 11 is 0. The molecule has 3 N–H and O–H groups in total. The zero-order chi connectivity index (χ0) is 34.5. The van der Waals surface area contributed by atoms with Crippen LogP contribution in [0.2, 0.25) is 0 Å². The molecule has 13 heteroatoms. The molecule has 0 saturated carbocycles. The molecule has 1 aromatic heterocycles. The van der Waals surface area contributed by atoms with E-state index in [0.29, 0.717) is 64.7 Å². The zero-order valence-corrected chi connectivity index (χ0v) is 28.2. The third-order valence-corrected chi connectivity index (χ3v) is 8.62. The highest BCUT2D eigenvalue weighted by molar-refractivity contribution is 5.97. The number of hydrogen-bond donors (Lipinski definition) is 3. The number of nitrogens with zero attached hydrogens (tertiary/aromatic N) is 4. The van der Waals surface area contributed by atoms with Gasteiger partial charge in [0.05, 0.1) is 40.1 Å². The van der Waals surface area contributed by atoms with Crippen LogP contribution < -0.4 is 35.6 Å². The maximum atomic E-state index is 14.0. The van der Waals surface area contributed by atoms with Gasteiger partial charge in [-0.25, -0.2) is 0 Å². The molecular formula is C35H41N7O6. The van der Waals surface area contributed by atoms with E-state index >= 15 is 0 Å². The Hall–Kier alpha value is -5.46. The van der Waals surface area contributed by atoms with E-state index in [4.69, 9.17) is 14.2 Å². The number of methoxy groups -OCH3 is 3. The predicted molar refractivity (Wildman–Crippen MR) is 182 cm³/mol. The highest BCUT2D eigenvalue weighted by atomic mass is 16.5. The Kier molecular flexibility index (Phi) is 10.3. The van der Waals surface area contributed by atoms with E-state index in [1.165, 1.54) is 24.9 Å². The molecule has 252 valence electrons. The Morgan fingerprint density at radius 2 is 1.81 bits per heavy atom. The number of ether oxygens (including phenoxy) is 3. The summed E-state index contributed by atoms with van der Waals surface area (Å²) in [6, 6.07) is 12.9. The Morgan fingerprint density at radius 1 is 1.04 bits per heavy atom. The van der Waals surface area contributed by atoms with Crippen molar-refractivity contribution in [2.45, 2.75) is 52.1 Å². The van der Waals surface area contributed by atoms with Crippen LogP contribution in [0.5, 0.6) is 17.2 Å². The standard InChI is InChI=1S/C35H41N7O6/c1-8-19(2)31(35(45)37-23-11-9-10-22(16-23)34-39-41-42(4)40-34)38-27-15-13-24-25(18-28(27)44)26(36-20(3)43)14-12-21-17-29(46-5)32(47-6)33(48-7)30(21)24/h9-11,13,15-19,26,31H,8,12,14H2,1-7H3,(H,36,43)(H,37,45)(H,38,44)/t19-,26+,31+/m1/s1. The molecule has 0 unspecified atom stereocenters. The van der Waals surface area contributed by atoms with Gasteiger partial charge in [0.15, 0.2) is 11.5 Å². The minimum Gasteiger partial charge on any atom is -0.493 e. The van der Waals surface area contributed by atoms with Crippen molar-refractivity contribution in [2.24, 2.45) is 13.0 Å². The number of rotatable bonds is 11. The molecule has 1 aliphatic rings. The highest BCUT2D eigenvalue weighted by Crippen LogP contribution is 2.50. The number of tetrazole rings is 1. The second kappa shape index (κ2) is 14.5. The summed E-state index contributed by atoms with van der Waals surface area (Å²) in [4.78, 5) is 41.4. The number of carbonyl (C=O) groups excluding carboxylic acids is 2. The van der Waals surface area contributed by atoms with Crippen LogP contribution in [0.15, 0.2) is 53.3 Å². The molecule has 5 rings (SSSR count). The van der Waals surface area contributed by atoms with E-state index < -0.39 is 12.1 Å². The number of carbonyl (C=O) groups is 2. The smallest absolute Gasteiger partial charge is 0.247 e. The molecule has 0 bridgehead atoms. The van der Waals surface area contributed by atoms with Crippen molar-refractivity contribution < 1.29 is 23.8 Å². The second-order valence-electron chi connectivity index (χ2n) is 11.8. The van der Waals surface area contributed by atoms with E-state index in [2.05, 4.69) is 31.4 Å². The number of amides is 2. The Labute approximate surface area is 279 Å². The number of benzene rings is 2. The van der Waals surface area contributed by atoms with Gasteiger partial charge in [-0.05, 0) is 71.0 Å². The van der Waals surface area contributed by atoms with E-state index in [-0.39, 0.29) is 28.8 Å². The SMILES string of the molecule is CC[C@@H](C)[C@H](Nc1ccc2c(cc1=O)[C@@H](NC(C)=O)CCc1cc(OC)c(OC)c(OC)c1-2)C(=O)Nc1cccc(-c2nnn(C)n2)c1. The van der Waals surface area contributed by atoms with Gasteiger partial charge in [-0.15, -0.1) is 10.2 Å². The maximum absolute atomic E-state index is 14.0. The minimum absolute atomic E-state index is 0.137. The van der Waals surface area contributed by atoms with Crippen LogP contribution in [-0.2, 0) is 23.1 Å². The molecule has 3 atom stereocenters. The first-order valence-electron chi connectivity index (χ1n) is 15.8. The lowest BCUT2D eigenvalue weighted by atomic mass is 9.95. The van der Waals surface area contributed by atoms with Gasteiger partial charge >= 0.3 is 0 Å². The van der Waals surface area contributed by atoms with Crippen molar-refractivity contribution in [1.82, 2.24) is 25.5 Å². The van der Waals surface area contributed by atoms with Crippen LogP contribution in [0.25, 0.3) is 22.5 Å². The van der Waals surface area contributed by atoms with Crippen LogP contribution in [0.1, 0.15) is 50.8 Å². The molecule has 3 aromatic carbocycles. The quantitative estimate of drug-likeness (QED) is 0.210. The van der Waals surface area contributed by atoms with Gasteiger partial charge in [0.25, 0.3) is 0 Å². The molecule has 0 saturated heterocycles. The van der Waals surface area contributed by atoms with Crippen molar-refractivity contribution in [3.8, 4) is 39.8 Å². The molecular weight excluding hydrogens is 614 g/mol. The van der Waals surface area contributed by atoms with Gasteiger partial charge < -0.3 is 30.2 Å². The van der Waals surface area contributed by atoms with Gasteiger partial charge in [0, 0.05) is 23.7 Å². The first-order valence-corrected chi connectivity index (χ1v) is 15.8. The van der Waals surface area contributed by atoms with Gasteiger partial charge in [-0.2, -0.15) is 4.80 Å². The Bertz CT molecular complexity index is 1890. The summed E-state index contributed by atoms with van der Waals surface area (Å²) in [5.74, 6) is 1.17. The van der Waals surface area contributed by atoms with Crippen molar-refractivity contribution in [2.75, 3.05) is 32.0 Å². The van der Waals surface area contributed by atoms with Crippen molar-refractivity contribution in [3.63, 3.8) is 0 Å². The van der Waals surface area contributed by atoms with Crippen LogP contribution in [0.3, 0.4) is 0 Å². The first kappa shape index (κ1) is 33.9. The molecule has 13 nitrogen and oxygen atoms in total. The molecule has 2 amide bonds. The fourth-order valence-corrected chi connectivity index (χ4v) is 6.05. The molecule has 0 aliphatic heterocycles. The van der Waals surface area contributed by atoms with E-state index in [1.54, 1.807) is 45.5 Å². The topological polar surface area (TPSA) is 159 Å². The van der Waals surface area contributed by atoms with Gasteiger partial charge in [0.1, 0.15) is 6.04 Å². The number of nitrogens with one attached hydrogen (secondary N) is 3. The highest BCUT2D eigenvalue weighted by Gasteiger charge is 2.30. The molecule has 48 heavy (non-hydrogen) atoms. The van der Waals surface area contributed by atoms with Crippen molar-refractivity contribution in [1.29, 1.82) is 0 Å². The lowest BCUT2D eigenvalue weighted by Gasteiger charge is -2.24. The van der Waals surface area contributed by atoms with Gasteiger partial charge in [-0.3, -0.25) is 14.4 Å². The number of fused-ring (bicyclic) bond motifs is 3. The van der Waals surface area contributed by atoms with E-state index in [9.17, 15) is 14.4 Å². The fraction of sp³-hybridized carbons (Fsp3) is 0.371. The largest absolute Gasteiger partial charge is 0.493 e. The summed E-state index contributed by atoms with van der Waals surface area (Å²) in [5, 5.41) is 21.4. The molecule has 1 heterocycles. The summed E-state index contributed by atoms with van der Waals surface area (Å²) in [5.41, 5.74) is 4.16. The normalized spacial score (nSPS) is 14.8. The molecule has 0 fully saturated rings. The van der Waals surface area contributed by atoms with Gasteiger partial charge in [0.2, 0.25) is 28.8 Å². The third-order valence-electron chi connectivity index (χ3n) is 8.62. The Morgan fingerprint density at radius 3 is 2.46 bits per heavy atom. The average molecular weight is 656 g/mol. The van der Waals surface area contributed by atoms with Crippen molar-refractivity contribution in [3.05, 3.63) is 69.9 Å². The van der Waals surface area contributed by atoms with E-state index in [0.717, 1.165) is 11.1 Å². The maximum Gasteiger partial charge on any atom is 0.247 e. The van der Waals surface area contributed by atoms with Crippen LogP contribution >= 0.6 is 0 Å². The summed E-state index contributed by atoms with van der Waals surface area (Å²) in [7, 11) is 6.33. The molecule has 1 aliphatic carbocycles. The first-order chi connectivity index (χ1) is 23.1. The lowest BCUT2D eigenvalue weighted by Crippen LogP contribution is -2.40. The summed E-state index contributed by atoms with van der Waals surface area (Å²) in [6.07, 6.45) is 1.79. The third kappa shape index (κ3) is 6.94. The zero-order valence-electron chi connectivity index (χ0n) is 28.2. The lowest BCUT2D eigenvalue weighted by molar-refractivity contribution is -0.120. The molecule has 0 radical (unpaired) electrons. The Balaban J connectivity index is 1.56.